The lowest BCUT2D eigenvalue weighted by Gasteiger charge is -2.15. The number of halogens is 1. The Bertz CT molecular complexity index is 1150. The maximum atomic E-state index is 12.0. The standard InChI is InChI=1S/C20H21ClN4O6S/c1-25(2)19(27)14-3-9(8-32-14)5-30-18-10(21)4-11-17(23-18)24-20(22-11)31-13-7-29-15-12(26)6-28-16(13)15/h3-4,8,12-13,15-16,26H,5-7H2,1-2H3,(H,22,23,24)/t12-,13-,15-,16-/m1/s1. The summed E-state index contributed by atoms with van der Waals surface area (Å²) in [5, 5.41) is 12.0. The van der Waals surface area contributed by atoms with Crippen molar-refractivity contribution in [3.05, 3.63) is 33.0 Å². The van der Waals surface area contributed by atoms with Crippen LogP contribution in [0.25, 0.3) is 11.2 Å². The van der Waals surface area contributed by atoms with Gasteiger partial charge in [-0.25, -0.2) is 0 Å². The highest BCUT2D eigenvalue weighted by molar-refractivity contribution is 7.12. The lowest BCUT2D eigenvalue weighted by molar-refractivity contribution is 0.00706. The zero-order valence-electron chi connectivity index (χ0n) is 17.3. The first kappa shape index (κ1) is 21.4. The molecule has 170 valence electrons. The van der Waals surface area contributed by atoms with Crippen molar-refractivity contribution in [1.29, 1.82) is 0 Å². The predicted molar refractivity (Wildman–Crippen MR) is 115 cm³/mol. The molecule has 0 spiro atoms. The molecular formula is C20H21ClN4O6S. The molecule has 0 bridgehead atoms. The second-order valence-corrected chi connectivity index (χ2v) is 9.13. The van der Waals surface area contributed by atoms with E-state index in [1.807, 2.05) is 5.38 Å². The summed E-state index contributed by atoms with van der Waals surface area (Å²) in [7, 11) is 3.42. The number of nitrogens with one attached hydrogen (secondary N) is 1. The maximum absolute atomic E-state index is 12.0. The number of nitrogens with zero attached hydrogens (tertiary/aromatic N) is 3. The van der Waals surface area contributed by atoms with Crippen molar-refractivity contribution in [3.63, 3.8) is 0 Å². The third-order valence-corrected chi connectivity index (χ3v) is 6.50. The quantitative estimate of drug-likeness (QED) is 0.548. The molecule has 0 unspecified atom stereocenters. The predicted octanol–water partition coefficient (Wildman–Crippen LogP) is 1.86. The Hall–Kier alpha value is -2.44. The Morgan fingerprint density at radius 2 is 2.12 bits per heavy atom. The molecule has 2 aliphatic heterocycles. The smallest absolute Gasteiger partial charge is 0.296 e. The second kappa shape index (κ2) is 8.49. The molecule has 2 N–H and O–H groups in total. The van der Waals surface area contributed by atoms with E-state index in [2.05, 4.69) is 15.0 Å². The summed E-state index contributed by atoms with van der Waals surface area (Å²) >= 11 is 7.69. The van der Waals surface area contributed by atoms with E-state index in [4.69, 9.17) is 30.5 Å². The van der Waals surface area contributed by atoms with Gasteiger partial charge in [-0.3, -0.25) is 4.79 Å². The molecule has 2 fully saturated rings. The fourth-order valence-corrected chi connectivity index (χ4v) is 4.78. The van der Waals surface area contributed by atoms with Gasteiger partial charge in [0.1, 0.15) is 29.9 Å². The summed E-state index contributed by atoms with van der Waals surface area (Å²) in [5.41, 5.74) is 1.82. The number of pyridine rings is 1. The average molecular weight is 481 g/mol. The van der Waals surface area contributed by atoms with Gasteiger partial charge < -0.3 is 33.9 Å². The van der Waals surface area contributed by atoms with Crippen LogP contribution in [0.4, 0.5) is 0 Å². The van der Waals surface area contributed by atoms with Crippen molar-refractivity contribution in [1.82, 2.24) is 19.9 Å². The molecule has 2 aliphatic rings. The van der Waals surface area contributed by atoms with E-state index in [1.54, 1.807) is 26.2 Å². The molecule has 32 heavy (non-hydrogen) atoms. The molecule has 0 radical (unpaired) electrons. The van der Waals surface area contributed by atoms with Gasteiger partial charge in [0, 0.05) is 19.7 Å². The number of amides is 1. The molecule has 0 aromatic carbocycles. The zero-order chi connectivity index (χ0) is 22.4. The van der Waals surface area contributed by atoms with Crippen LogP contribution < -0.4 is 9.47 Å². The minimum absolute atomic E-state index is 0.0561. The largest absolute Gasteiger partial charge is 0.472 e. The van der Waals surface area contributed by atoms with Crippen LogP contribution >= 0.6 is 22.9 Å². The molecule has 1 amide bonds. The van der Waals surface area contributed by atoms with E-state index < -0.39 is 6.10 Å². The van der Waals surface area contributed by atoms with Crippen molar-refractivity contribution in [3.8, 4) is 11.9 Å². The summed E-state index contributed by atoms with van der Waals surface area (Å²) in [6.07, 6.45) is -1.77. The molecule has 5 heterocycles. The minimum Gasteiger partial charge on any atom is -0.472 e. The first-order valence-corrected chi connectivity index (χ1v) is 11.2. The van der Waals surface area contributed by atoms with Gasteiger partial charge in [0.2, 0.25) is 5.88 Å². The van der Waals surface area contributed by atoms with Gasteiger partial charge >= 0.3 is 0 Å². The normalized spacial score (nSPS) is 24.6. The molecule has 3 aromatic heterocycles. The third kappa shape index (κ3) is 4.02. The van der Waals surface area contributed by atoms with Crippen LogP contribution in [0, 0.1) is 0 Å². The number of hydrogen-bond acceptors (Lipinski definition) is 9. The molecule has 10 nitrogen and oxygen atoms in total. The number of hydrogen-bond donors (Lipinski definition) is 2. The van der Waals surface area contributed by atoms with Crippen LogP contribution in [-0.4, -0.2) is 82.6 Å². The summed E-state index contributed by atoms with van der Waals surface area (Å²) in [6, 6.07) is 3.71. The van der Waals surface area contributed by atoms with Gasteiger partial charge in [0.05, 0.1) is 23.6 Å². The lowest BCUT2D eigenvalue weighted by atomic mass is 10.1. The van der Waals surface area contributed by atoms with E-state index in [0.29, 0.717) is 27.7 Å². The minimum atomic E-state index is -0.648. The number of thiophene rings is 1. The molecule has 4 atom stereocenters. The highest BCUT2D eigenvalue weighted by Gasteiger charge is 2.48. The van der Waals surface area contributed by atoms with Crippen LogP contribution in [0.3, 0.4) is 0 Å². The topological polar surface area (TPSA) is 119 Å². The molecule has 5 rings (SSSR count). The van der Waals surface area contributed by atoms with E-state index in [0.717, 1.165) is 5.56 Å². The van der Waals surface area contributed by atoms with Crippen molar-refractivity contribution >= 4 is 40.0 Å². The summed E-state index contributed by atoms with van der Waals surface area (Å²) in [5.74, 6) is 0.176. The van der Waals surface area contributed by atoms with Crippen molar-refractivity contribution in [2.75, 3.05) is 27.3 Å². The zero-order valence-corrected chi connectivity index (χ0v) is 18.9. The summed E-state index contributed by atoms with van der Waals surface area (Å²) in [6.45, 7) is 0.735. The number of aromatic nitrogens is 3. The highest BCUT2D eigenvalue weighted by Crippen LogP contribution is 2.31. The molecule has 2 saturated heterocycles. The van der Waals surface area contributed by atoms with Gasteiger partial charge in [0.25, 0.3) is 11.9 Å². The fourth-order valence-electron chi connectivity index (χ4n) is 3.66. The Morgan fingerprint density at radius 1 is 1.31 bits per heavy atom. The SMILES string of the molecule is CN(C)C(=O)c1cc(COc2nc3nc(O[C@@H]4CO[C@H]5[C@@H]4OC[C@H]5O)[nH]c3cc2Cl)cs1. The van der Waals surface area contributed by atoms with E-state index in [9.17, 15) is 9.90 Å². The summed E-state index contributed by atoms with van der Waals surface area (Å²) < 4.78 is 22.8. The van der Waals surface area contributed by atoms with Crippen molar-refractivity contribution in [2.45, 2.75) is 31.0 Å². The van der Waals surface area contributed by atoms with Gasteiger partial charge in [-0.05, 0) is 17.5 Å². The van der Waals surface area contributed by atoms with E-state index >= 15 is 0 Å². The maximum Gasteiger partial charge on any atom is 0.296 e. The third-order valence-electron chi connectivity index (χ3n) is 5.26. The van der Waals surface area contributed by atoms with Crippen LogP contribution in [0.15, 0.2) is 17.5 Å². The first-order chi connectivity index (χ1) is 15.4. The number of imidazole rings is 1. The van der Waals surface area contributed by atoms with E-state index in [1.165, 1.54) is 16.2 Å². The molecule has 3 aromatic rings. The monoisotopic (exact) mass is 480 g/mol. The Morgan fingerprint density at radius 3 is 2.94 bits per heavy atom. The molecule has 12 heteroatoms. The van der Waals surface area contributed by atoms with E-state index in [-0.39, 0.29) is 49.3 Å². The number of carbonyl (C=O) groups is 1. The first-order valence-electron chi connectivity index (χ1n) is 9.95. The number of carbonyl (C=O) groups excluding carboxylic acids is 1. The molecule has 0 saturated carbocycles. The Balaban J connectivity index is 1.27. The fraction of sp³-hybridized carbons (Fsp3) is 0.450. The highest BCUT2D eigenvalue weighted by atomic mass is 35.5. The van der Waals surface area contributed by atoms with Crippen molar-refractivity contribution < 1.29 is 28.8 Å². The molecule has 0 aliphatic carbocycles. The number of aliphatic hydroxyl groups excluding tert-OH is 1. The number of H-pyrrole nitrogens is 1. The number of aliphatic hydroxyl groups is 1. The number of aromatic amines is 1. The lowest BCUT2D eigenvalue weighted by Crippen LogP contribution is -2.34. The number of fused-ring (bicyclic) bond motifs is 2. The number of rotatable bonds is 6. The summed E-state index contributed by atoms with van der Waals surface area (Å²) in [4.78, 5) is 26.0. The molecular weight excluding hydrogens is 460 g/mol. The van der Waals surface area contributed by atoms with Crippen LogP contribution in [0.1, 0.15) is 15.2 Å². The second-order valence-electron chi connectivity index (χ2n) is 7.82. The van der Waals surface area contributed by atoms with Crippen LogP contribution in [0.5, 0.6) is 11.9 Å². The van der Waals surface area contributed by atoms with Gasteiger partial charge in [-0.1, -0.05) is 11.6 Å². The Kier molecular flexibility index (Phi) is 5.68. The van der Waals surface area contributed by atoms with Gasteiger partial charge in [-0.2, -0.15) is 9.97 Å². The van der Waals surface area contributed by atoms with Crippen molar-refractivity contribution in [2.24, 2.45) is 0 Å². The van der Waals surface area contributed by atoms with Gasteiger partial charge in [0.15, 0.2) is 11.8 Å². The Labute approximate surface area is 192 Å². The van der Waals surface area contributed by atoms with Gasteiger partial charge in [-0.15, -0.1) is 11.3 Å². The van der Waals surface area contributed by atoms with Crippen LogP contribution in [0.2, 0.25) is 5.02 Å². The number of ether oxygens (including phenoxy) is 4. The van der Waals surface area contributed by atoms with Crippen LogP contribution in [-0.2, 0) is 16.1 Å². The average Bonchev–Trinajstić information content (AvgIpc) is 3.52.